The summed E-state index contributed by atoms with van der Waals surface area (Å²) in [4.78, 5) is 11.3. The van der Waals surface area contributed by atoms with E-state index in [1.54, 1.807) is 0 Å². The fourth-order valence-corrected chi connectivity index (χ4v) is 3.00. The second-order valence-corrected chi connectivity index (χ2v) is 5.92. The van der Waals surface area contributed by atoms with E-state index in [1.165, 1.54) is 30.5 Å². The largest absolute Gasteiger partial charge is 0.375 e. The van der Waals surface area contributed by atoms with Gasteiger partial charge in [-0.25, -0.2) is 4.99 Å². The molecule has 0 radical (unpaired) electrons. The van der Waals surface area contributed by atoms with Crippen LogP contribution in [0.5, 0.6) is 0 Å². The van der Waals surface area contributed by atoms with E-state index in [4.69, 9.17) is 15.5 Å². The van der Waals surface area contributed by atoms with Crippen molar-refractivity contribution in [3.8, 4) is 0 Å². The number of aryl methyl sites for hydroxylation is 2. The summed E-state index contributed by atoms with van der Waals surface area (Å²) in [6.07, 6.45) is 5.02. The van der Waals surface area contributed by atoms with E-state index in [2.05, 4.69) is 28.9 Å². The van der Waals surface area contributed by atoms with E-state index in [9.17, 15) is 0 Å². The van der Waals surface area contributed by atoms with Crippen molar-refractivity contribution in [3.63, 3.8) is 0 Å². The SMILES string of the molecule is CC1CN(C(N)=NCc2ccc3c(n2)CCCC3)CCO1.I. The first-order valence-electron chi connectivity index (χ1n) is 7.86. The number of nitrogens with two attached hydrogens (primary N) is 1. The molecule has 2 heterocycles. The lowest BCUT2D eigenvalue weighted by Gasteiger charge is -2.31. The van der Waals surface area contributed by atoms with Gasteiger partial charge in [0.05, 0.1) is 24.9 Å². The van der Waals surface area contributed by atoms with Crippen LogP contribution in [-0.4, -0.2) is 41.6 Å². The van der Waals surface area contributed by atoms with Crippen LogP contribution in [0.3, 0.4) is 0 Å². The Kier molecular flexibility index (Phi) is 6.43. The quantitative estimate of drug-likeness (QED) is 0.456. The maximum atomic E-state index is 6.09. The van der Waals surface area contributed by atoms with Gasteiger partial charge in [-0.3, -0.25) is 4.98 Å². The molecule has 3 rings (SSSR count). The smallest absolute Gasteiger partial charge is 0.191 e. The van der Waals surface area contributed by atoms with Crippen molar-refractivity contribution in [1.29, 1.82) is 0 Å². The fraction of sp³-hybridized carbons (Fsp3) is 0.625. The minimum Gasteiger partial charge on any atom is -0.375 e. The lowest BCUT2D eigenvalue weighted by molar-refractivity contribution is 0.00528. The van der Waals surface area contributed by atoms with Gasteiger partial charge in [0.15, 0.2) is 5.96 Å². The third kappa shape index (κ3) is 4.32. The highest BCUT2D eigenvalue weighted by Crippen LogP contribution is 2.19. The van der Waals surface area contributed by atoms with Crippen LogP contribution in [0.25, 0.3) is 0 Å². The average molecular weight is 416 g/mol. The summed E-state index contributed by atoms with van der Waals surface area (Å²) in [5.74, 6) is 0.602. The highest BCUT2D eigenvalue weighted by atomic mass is 127. The number of hydrogen-bond donors (Lipinski definition) is 1. The van der Waals surface area contributed by atoms with E-state index < -0.39 is 0 Å². The van der Waals surface area contributed by atoms with Crippen LogP contribution in [0.15, 0.2) is 17.1 Å². The first-order valence-corrected chi connectivity index (χ1v) is 7.86. The van der Waals surface area contributed by atoms with Crippen LogP contribution in [0.4, 0.5) is 0 Å². The molecule has 0 aromatic carbocycles. The van der Waals surface area contributed by atoms with Crippen LogP contribution in [-0.2, 0) is 24.1 Å². The Morgan fingerprint density at radius 1 is 1.41 bits per heavy atom. The van der Waals surface area contributed by atoms with Gasteiger partial charge >= 0.3 is 0 Å². The minimum absolute atomic E-state index is 0. The van der Waals surface area contributed by atoms with Crippen molar-refractivity contribution in [1.82, 2.24) is 9.88 Å². The molecule has 22 heavy (non-hydrogen) atoms. The van der Waals surface area contributed by atoms with Gasteiger partial charge in [-0.15, -0.1) is 24.0 Å². The van der Waals surface area contributed by atoms with Crippen molar-refractivity contribution in [2.24, 2.45) is 10.7 Å². The Morgan fingerprint density at radius 3 is 3.05 bits per heavy atom. The molecule has 2 N–H and O–H groups in total. The van der Waals surface area contributed by atoms with Crippen molar-refractivity contribution < 1.29 is 4.74 Å². The number of morpholine rings is 1. The fourth-order valence-electron chi connectivity index (χ4n) is 3.00. The average Bonchev–Trinajstić information content (AvgIpc) is 2.52. The van der Waals surface area contributed by atoms with Crippen LogP contribution >= 0.6 is 24.0 Å². The molecule has 1 aliphatic carbocycles. The summed E-state index contributed by atoms with van der Waals surface area (Å²) in [5, 5.41) is 0. The Morgan fingerprint density at radius 2 is 2.23 bits per heavy atom. The summed E-state index contributed by atoms with van der Waals surface area (Å²) in [5.41, 5.74) is 9.77. The van der Waals surface area contributed by atoms with Gasteiger partial charge in [0, 0.05) is 18.8 Å². The zero-order valence-electron chi connectivity index (χ0n) is 13.1. The predicted octanol–water partition coefficient (Wildman–Crippen LogP) is 2.11. The van der Waals surface area contributed by atoms with Gasteiger partial charge in [0.1, 0.15) is 0 Å². The van der Waals surface area contributed by atoms with E-state index in [0.29, 0.717) is 19.1 Å². The standard InChI is InChI=1S/C16H24N4O.HI/c1-12-11-20(8-9-21-12)16(17)18-10-14-7-6-13-4-2-3-5-15(13)19-14;/h6-7,12H,2-5,8-11H2,1H3,(H2,17,18);1H. The van der Waals surface area contributed by atoms with Gasteiger partial charge in [0.2, 0.25) is 0 Å². The van der Waals surface area contributed by atoms with E-state index >= 15 is 0 Å². The molecule has 6 heteroatoms. The molecule has 5 nitrogen and oxygen atoms in total. The second-order valence-electron chi connectivity index (χ2n) is 5.92. The molecule has 1 aromatic heterocycles. The van der Waals surface area contributed by atoms with E-state index in [1.807, 2.05) is 0 Å². The topological polar surface area (TPSA) is 63.7 Å². The van der Waals surface area contributed by atoms with Gasteiger partial charge in [0.25, 0.3) is 0 Å². The first kappa shape index (κ1) is 17.5. The molecule has 1 fully saturated rings. The van der Waals surface area contributed by atoms with Crippen LogP contribution in [0, 0.1) is 0 Å². The molecule has 1 aliphatic heterocycles. The molecule has 1 unspecified atom stereocenters. The van der Waals surface area contributed by atoms with Crippen LogP contribution in [0.2, 0.25) is 0 Å². The Hall–Kier alpha value is -0.890. The number of hydrogen-bond acceptors (Lipinski definition) is 3. The third-order valence-electron chi connectivity index (χ3n) is 4.20. The first-order chi connectivity index (χ1) is 10.2. The van der Waals surface area contributed by atoms with Crippen molar-refractivity contribution in [3.05, 3.63) is 29.1 Å². The number of ether oxygens (including phenoxy) is 1. The Balaban J connectivity index is 0.00000176. The van der Waals surface area contributed by atoms with E-state index in [0.717, 1.165) is 25.2 Å². The van der Waals surface area contributed by atoms with Crippen molar-refractivity contribution in [2.45, 2.75) is 45.3 Å². The molecule has 2 aliphatic rings. The molecule has 1 atom stereocenters. The van der Waals surface area contributed by atoms with Gasteiger partial charge in [-0.2, -0.15) is 0 Å². The van der Waals surface area contributed by atoms with E-state index in [-0.39, 0.29) is 30.1 Å². The maximum Gasteiger partial charge on any atom is 0.191 e. The van der Waals surface area contributed by atoms with Crippen LogP contribution in [0.1, 0.15) is 36.7 Å². The summed E-state index contributed by atoms with van der Waals surface area (Å²) in [6.45, 7) is 4.97. The predicted molar refractivity (Wildman–Crippen MR) is 98.6 cm³/mol. The highest BCUT2D eigenvalue weighted by molar-refractivity contribution is 14.0. The van der Waals surface area contributed by atoms with Gasteiger partial charge < -0.3 is 15.4 Å². The number of aromatic nitrogens is 1. The van der Waals surface area contributed by atoms with Crippen molar-refractivity contribution in [2.75, 3.05) is 19.7 Å². The Labute approximate surface area is 149 Å². The summed E-state index contributed by atoms with van der Waals surface area (Å²) in [7, 11) is 0. The zero-order chi connectivity index (χ0) is 14.7. The summed E-state index contributed by atoms with van der Waals surface area (Å²) < 4.78 is 5.52. The van der Waals surface area contributed by atoms with Gasteiger partial charge in [-0.1, -0.05) is 6.07 Å². The number of pyridine rings is 1. The van der Waals surface area contributed by atoms with Gasteiger partial charge in [-0.05, 0) is 44.2 Å². The lowest BCUT2D eigenvalue weighted by Crippen LogP contribution is -2.47. The molecule has 1 saturated heterocycles. The molecule has 0 saturated carbocycles. The number of aliphatic imine (C=N–C) groups is 1. The monoisotopic (exact) mass is 416 g/mol. The molecule has 0 bridgehead atoms. The lowest BCUT2D eigenvalue weighted by atomic mass is 9.96. The molecule has 122 valence electrons. The van der Waals surface area contributed by atoms with Crippen molar-refractivity contribution >= 4 is 29.9 Å². The number of fused-ring (bicyclic) bond motifs is 1. The normalized spacial score (nSPS) is 22.0. The number of nitrogens with zero attached hydrogens (tertiary/aromatic N) is 3. The molecule has 1 aromatic rings. The molecule has 0 spiro atoms. The maximum absolute atomic E-state index is 6.09. The van der Waals surface area contributed by atoms with Crippen LogP contribution < -0.4 is 5.73 Å². The molecule has 0 amide bonds. The molecular formula is C16H25IN4O. The highest BCUT2D eigenvalue weighted by Gasteiger charge is 2.18. The third-order valence-corrected chi connectivity index (χ3v) is 4.20. The minimum atomic E-state index is 0. The number of rotatable bonds is 2. The summed E-state index contributed by atoms with van der Waals surface area (Å²) in [6, 6.07) is 4.29. The Bertz CT molecular complexity index is 535. The second kappa shape index (κ2) is 8.10. The molecular weight excluding hydrogens is 391 g/mol. The zero-order valence-corrected chi connectivity index (χ0v) is 15.5. The number of guanidine groups is 1. The summed E-state index contributed by atoms with van der Waals surface area (Å²) >= 11 is 0. The number of halogens is 1.